The molecule has 3 atom stereocenters. The highest BCUT2D eigenvalue weighted by Gasteiger charge is 2.36. The van der Waals surface area contributed by atoms with Gasteiger partial charge in [-0.1, -0.05) is 0 Å². The second-order valence-electron chi connectivity index (χ2n) is 9.06. The molecule has 4 rings (SSSR count). The van der Waals surface area contributed by atoms with Crippen molar-refractivity contribution >= 4 is 17.0 Å². The van der Waals surface area contributed by atoms with Crippen LogP contribution in [0.2, 0.25) is 0 Å². The smallest absolute Gasteiger partial charge is 0.349 e. The standard InChI is InChI=1S/C23H27F3N8O/c1-13-12-34(20-19-21(32(5)22(35)30-20)31(4)18(29-19)8-9-27)14(2)11-33(13)15(3)17-7-6-16(10-28-17)23(24,25)26/h6-7,10,13-15H,8,11-12H2,1-5H3/t13-,14+,15?/m1/s1. The number of nitriles is 1. The van der Waals surface area contributed by atoms with Gasteiger partial charge in [-0.25, -0.2) is 9.78 Å². The van der Waals surface area contributed by atoms with Crippen molar-refractivity contribution in [1.82, 2.24) is 29.0 Å². The zero-order valence-electron chi connectivity index (χ0n) is 20.2. The fourth-order valence-corrected chi connectivity index (χ4v) is 4.79. The molecule has 1 saturated heterocycles. The fourth-order valence-electron chi connectivity index (χ4n) is 4.79. The molecule has 0 N–H and O–H groups in total. The van der Waals surface area contributed by atoms with Crippen LogP contribution in [0.3, 0.4) is 0 Å². The highest BCUT2D eigenvalue weighted by Crippen LogP contribution is 2.33. The van der Waals surface area contributed by atoms with Gasteiger partial charge in [-0.15, -0.1) is 0 Å². The second kappa shape index (κ2) is 8.96. The number of aromatic nitrogens is 5. The third kappa shape index (κ3) is 4.36. The van der Waals surface area contributed by atoms with E-state index in [2.05, 4.69) is 25.9 Å². The van der Waals surface area contributed by atoms with E-state index in [1.807, 2.05) is 25.7 Å². The van der Waals surface area contributed by atoms with Crippen LogP contribution >= 0.6 is 0 Å². The largest absolute Gasteiger partial charge is 0.417 e. The molecule has 1 fully saturated rings. The molecule has 0 aromatic carbocycles. The minimum absolute atomic E-state index is 0.00603. The number of hydrogen-bond donors (Lipinski definition) is 0. The Kier molecular flexibility index (Phi) is 6.31. The van der Waals surface area contributed by atoms with Gasteiger partial charge >= 0.3 is 11.9 Å². The summed E-state index contributed by atoms with van der Waals surface area (Å²) in [7, 11) is 3.40. The maximum absolute atomic E-state index is 12.9. The Morgan fingerprint density at radius 2 is 1.86 bits per heavy atom. The average molecular weight is 489 g/mol. The molecule has 12 heteroatoms. The summed E-state index contributed by atoms with van der Waals surface area (Å²) in [4.78, 5) is 29.9. The predicted octanol–water partition coefficient (Wildman–Crippen LogP) is 2.81. The van der Waals surface area contributed by atoms with E-state index >= 15 is 0 Å². The van der Waals surface area contributed by atoms with Crippen molar-refractivity contribution in [2.75, 3.05) is 18.0 Å². The molecule has 0 aliphatic carbocycles. The predicted molar refractivity (Wildman–Crippen MR) is 124 cm³/mol. The van der Waals surface area contributed by atoms with Gasteiger partial charge in [-0.3, -0.25) is 14.5 Å². The number of aryl methyl sites for hydroxylation is 2. The summed E-state index contributed by atoms with van der Waals surface area (Å²) in [5, 5.41) is 9.15. The van der Waals surface area contributed by atoms with Gasteiger partial charge in [0.1, 0.15) is 17.0 Å². The molecule has 1 aliphatic heterocycles. The third-order valence-electron chi connectivity index (χ3n) is 6.76. The zero-order valence-corrected chi connectivity index (χ0v) is 20.2. The van der Waals surface area contributed by atoms with Gasteiger partial charge in [0.25, 0.3) is 0 Å². The summed E-state index contributed by atoms with van der Waals surface area (Å²) in [6.07, 6.45) is -3.45. The highest BCUT2D eigenvalue weighted by atomic mass is 19.4. The quantitative estimate of drug-likeness (QED) is 0.557. The fraction of sp³-hybridized carbons (Fsp3) is 0.522. The summed E-state index contributed by atoms with van der Waals surface area (Å²) in [6, 6.07) is 4.31. The van der Waals surface area contributed by atoms with Crippen LogP contribution in [-0.4, -0.2) is 54.2 Å². The molecular weight excluding hydrogens is 461 g/mol. The highest BCUT2D eigenvalue weighted by molar-refractivity contribution is 5.84. The molecule has 0 spiro atoms. The molecule has 186 valence electrons. The summed E-state index contributed by atoms with van der Waals surface area (Å²) >= 11 is 0. The maximum Gasteiger partial charge on any atom is 0.417 e. The van der Waals surface area contributed by atoms with Crippen LogP contribution in [0.15, 0.2) is 23.1 Å². The normalized spacial score (nSPS) is 20.3. The molecule has 0 amide bonds. The lowest BCUT2D eigenvalue weighted by atomic mass is 10.0. The molecule has 1 unspecified atom stereocenters. The Bertz CT molecular complexity index is 1340. The van der Waals surface area contributed by atoms with E-state index in [0.717, 1.165) is 12.3 Å². The van der Waals surface area contributed by atoms with Gasteiger partial charge in [0.05, 0.1) is 23.7 Å². The molecule has 1 aliphatic rings. The SMILES string of the molecule is CC(c1ccc(C(F)(F)F)cn1)N1C[C@H](C)N(c2nc(=O)n(C)c3c2nc(CC#N)n3C)C[C@H]1C. The number of halogens is 3. The Balaban J connectivity index is 1.64. The lowest BCUT2D eigenvalue weighted by molar-refractivity contribution is -0.137. The molecule has 0 saturated carbocycles. The first-order valence-corrected chi connectivity index (χ1v) is 11.3. The molecule has 4 heterocycles. The van der Waals surface area contributed by atoms with Crippen LogP contribution in [0.4, 0.5) is 19.0 Å². The first kappa shape index (κ1) is 24.7. The summed E-state index contributed by atoms with van der Waals surface area (Å²) < 4.78 is 41.9. The van der Waals surface area contributed by atoms with Gasteiger partial charge in [0.15, 0.2) is 5.82 Å². The van der Waals surface area contributed by atoms with Gasteiger partial charge < -0.3 is 9.47 Å². The number of fused-ring (bicyclic) bond motifs is 1. The number of nitrogens with zero attached hydrogens (tertiary/aromatic N) is 8. The second-order valence-corrected chi connectivity index (χ2v) is 9.06. The van der Waals surface area contributed by atoms with Crippen LogP contribution in [0.5, 0.6) is 0 Å². The Hall–Kier alpha value is -3.46. The van der Waals surface area contributed by atoms with Gasteiger partial charge in [-0.2, -0.15) is 23.4 Å². The van der Waals surface area contributed by atoms with Crippen molar-refractivity contribution in [1.29, 1.82) is 5.26 Å². The minimum atomic E-state index is -4.42. The molecule has 3 aromatic heterocycles. The van der Waals surface area contributed by atoms with Crippen molar-refractivity contribution < 1.29 is 13.2 Å². The van der Waals surface area contributed by atoms with Crippen molar-refractivity contribution in [2.45, 2.75) is 51.5 Å². The van der Waals surface area contributed by atoms with Crippen LogP contribution in [0, 0.1) is 11.3 Å². The van der Waals surface area contributed by atoms with E-state index in [0.29, 0.717) is 41.6 Å². The zero-order chi connectivity index (χ0) is 25.7. The molecule has 0 bridgehead atoms. The van der Waals surface area contributed by atoms with Gasteiger partial charge in [0, 0.05) is 51.5 Å². The summed E-state index contributed by atoms with van der Waals surface area (Å²) in [5.41, 5.74) is 0.528. The Labute approximate surface area is 200 Å². The first-order valence-electron chi connectivity index (χ1n) is 11.3. The van der Waals surface area contributed by atoms with Crippen LogP contribution < -0.4 is 10.6 Å². The molecule has 0 radical (unpaired) electrons. The number of rotatable bonds is 4. The third-order valence-corrected chi connectivity index (χ3v) is 6.76. The number of imidazole rings is 1. The van der Waals surface area contributed by atoms with E-state index < -0.39 is 17.4 Å². The topological polar surface area (TPSA) is 95.9 Å². The lowest BCUT2D eigenvalue weighted by Crippen LogP contribution is -2.57. The van der Waals surface area contributed by atoms with Crippen LogP contribution in [0.25, 0.3) is 11.2 Å². The van der Waals surface area contributed by atoms with E-state index in [4.69, 9.17) is 5.26 Å². The number of piperazine rings is 1. The Morgan fingerprint density at radius 1 is 1.14 bits per heavy atom. The van der Waals surface area contributed by atoms with Crippen molar-refractivity contribution in [3.05, 3.63) is 45.9 Å². The number of hydrogen-bond acceptors (Lipinski definition) is 7. The van der Waals surface area contributed by atoms with E-state index in [-0.39, 0.29) is 24.5 Å². The average Bonchev–Trinajstić information content (AvgIpc) is 3.13. The number of anilines is 1. The van der Waals surface area contributed by atoms with Crippen LogP contribution in [0.1, 0.15) is 43.9 Å². The molecule has 9 nitrogen and oxygen atoms in total. The van der Waals surface area contributed by atoms with E-state index in [1.165, 1.54) is 10.6 Å². The maximum atomic E-state index is 12.9. The molecule has 35 heavy (non-hydrogen) atoms. The Morgan fingerprint density at radius 3 is 2.46 bits per heavy atom. The molecular formula is C23H27F3N8O. The van der Waals surface area contributed by atoms with Gasteiger partial charge in [-0.05, 0) is 32.9 Å². The number of pyridine rings is 1. The number of alkyl halides is 3. The minimum Gasteiger partial charge on any atom is -0.349 e. The van der Waals surface area contributed by atoms with E-state index in [1.54, 1.807) is 18.7 Å². The van der Waals surface area contributed by atoms with Crippen molar-refractivity contribution in [3.63, 3.8) is 0 Å². The summed E-state index contributed by atoms with van der Waals surface area (Å²) in [6.45, 7) is 7.08. The van der Waals surface area contributed by atoms with Gasteiger partial charge in [0.2, 0.25) is 0 Å². The molecule has 3 aromatic rings. The van der Waals surface area contributed by atoms with Crippen molar-refractivity contribution in [3.8, 4) is 6.07 Å². The van der Waals surface area contributed by atoms with E-state index in [9.17, 15) is 18.0 Å². The first-order chi connectivity index (χ1) is 16.4. The monoisotopic (exact) mass is 488 g/mol. The summed E-state index contributed by atoms with van der Waals surface area (Å²) in [5.74, 6) is 1.02. The van der Waals surface area contributed by atoms with Crippen LogP contribution in [-0.2, 0) is 26.7 Å². The van der Waals surface area contributed by atoms with Crippen molar-refractivity contribution in [2.24, 2.45) is 14.1 Å². The lowest BCUT2D eigenvalue weighted by Gasteiger charge is -2.46.